The van der Waals surface area contributed by atoms with Gasteiger partial charge in [0.25, 0.3) is 0 Å². The Morgan fingerprint density at radius 1 is 1.32 bits per heavy atom. The Morgan fingerprint density at radius 2 is 2.11 bits per heavy atom. The van der Waals surface area contributed by atoms with Crippen LogP contribution in [-0.2, 0) is 0 Å². The maximum Gasteiger partial charge on any atom is 0.187 e. The van der Waals surface area contributed by atoms with Crippen LogP contribution in [0, 0.1) is 0 Å². The van der Waals surface area contributed by atoms with Crippen LogP contribution in [0.2, 0.25) is 0 Å². The van der Waals surface area contributed by atoms with Crippen LogP contribution < -0.4 is 5.73 Å². The molecule has 0 bridgehead atoms. The smallest absolute Gasteiger partial charge is 0.187 e. The first-order valence-corrected chi connectivity index (χ1v) is 7.34. The quantitative estimate of drug-likeness (QED) is 0.863. The van der Waals surface area contributed by atoms with Crippen LogP contribution in [0.25, 0.3) is 0 Å². The van der Waals surface area contributed by atoms with Gasteiger partial charge in [0, 0.05) is 6.42 Å². The van der Waals surface area contributed by atoms with Crippen molar-refractivity contribution in [2.75, 3.05) is 0 Å². The van der Waals surface area contributed by atoms with Crippen molar-refractivity contribution < 1.29 is 0 Å². The minimum atomic E-state index is 0.124. The van der Waals surface area contributed by atoms with Crippen molar-refractivity contribution in [3.05, 3.63) is 58.3 Å². The predicted octanol–water partition coefficient (Wildman–Crippen LogP) is 3.14. The van der Waals surface area contributed by atoms with E-state index in [0.717, 1.165) is 17.7 Å². The monoisotopic (exact) mass is 287 g/mol. The van der Waals surface area contributed by atoms with Crippen LogP contribution in [0.15, 0.2) is 52.3 Å². The molecule has 2 aromatic rings. The zero-order valence-corrected chi connectivity index (χ0v) is 11.8. The molecule has 0 saturated heterocycles. The molecule has 19 heavy (non-hydrogen) atoms. The molecule has 0 aliphatic carbocycles. The average Bonchev–Trinajstić information content (AvgIpc) is 3.08. The molecule has 0 saturated carbocycles. The van der Waals surface area contributed by atoms with Gasteiger partial charge in [-0.25, -0.2) is 5.01 Å². The molecule has 3 nitrogen and oxygen atoms in total. The predicted molar refractivity (Wildman–Crippen MR) is 83.3 cm³/mol. The third kappa shape index (κ3) is 2.39. The summed E-state index contributed by atoms with van der Waals surface area (Å²) in [5.41, 5.74) is 9.16. The van der Waals surface area contributed by atoms with Crippen LogP contribution in [-0.4, -0.2) is 15.8 Å². The molecule has 0 amide bonds. The zero-order valence-electron chi connectivity index (χ0n) is 10.2. The number of benzene rings is 1. The van der Waals surface area contributed by atoms with Gasteiger partial charge in [-0.15, -0.1) is 0 Å². The molecule has 1 aromatic carbocycles. The standard InChI is InChI=1S/C14H13N3S2/c15-14(18)17-13(11-6-7-19-9-11)8-12(16-17)10-4-2-1-3-5-10/h1-7,9,13H,8H2,(H2,15,18). The highest BCUT2D eigenvalue weighted by atomic mass is 32.1. The molecular formula is C14H13N3S2. The molecular weight excluding hydrogens is 274 g/mol. The second-order valence-corrected chi connectivity index (χ2v) is 5.57. The lowest BCUT2D eigenvalue weighted by Gasteiger charge is -2.20. The molecule has 0 spiro atoms. The lowest BCUT2D eigenvalue weighted by atomic mass is 10.0. The molecule has 0 fully saturated rings. The summed E-state index contributed by atoms with van der Waals surface area (Å²) in [4.78, 5) is 0. The van der Waals surface area contributed by atoms with E-state index in [1.165, 1.54) is 5.56 Å². The number of nitrogens with two attached hydrogens (primary N) is 1. The van der Waals surface area contributed by atoms with Crippen LogP contribution in [0.4, 0.5) is 0 Å². The van der Waals surface area contributed by atoms with Crippen molar-refractivity contribution in [3.8, 4) is 0 Å². The summed E-state index contributed by atoms with van der Waals surface area (Å²) in [5.74, 6) is 0. The van der Waals surface area contributed by atoms with E-state index in [2.05, 4.69) is 34.1 Å². The van der Waals surface area contributed by atoms with Gasteiger partial charge in [-0.05, 0) is 40.2 Å². The van der Waals surface area contributed by atoms with Crippen LogP contribution in [0.1, 0.15) is 23.6 Å². The molecule has 1 aliphatic rings. The highest BCUT2D eigenvalue weighted by molar-refractivity contribution is 7.80. The van der Waals surface area contributed by atoms with Gasteiger partial charge in [0.15, 0.2) is 5.11 Å². The molecule has 0 radical (unpaired) electrons. The second kappa shape index (κ2) is 5.11. The van der Waals surface area contributed by atoms with Crippen molar-refractivity contribution >= 4 is 34.4 Å². The van der Waals surface area contributed by atoms with Gasteiger partial charge in [-0.2, -0.15) is 16.4 Å². The summed E-state index contributed by atoms with van der Waals surface area (Å²) in [5, 5.41) is 10.8. The van der Waals surface area contributed by atoms with Gasteiger partial charge in [0.05, 0.1) is 11.8 Å². The van der Waals surface area contributed by atoms with E-state index >= 15 is 0 Å². The van der Waals surface area contributed by atoms with Crippen molar-refractivity contribution in [2.45, 2.75) is 12.5 Å². The van der Waals surface area contributed by atoms with Crippen molar-refractivity contribution in [1.82, 2.24) is 5.01 Å². The summed E-state index contributed by atoms with van der Waals surface area (Å²) in [6.45, 7) is 0. The summed E-state index contributed by atoms with van der Waals surface area (Å²) in [6, 6.07) is 12.4. The number of rotatable bonds is 2. The summed E-state index contributed by atoms with van der Waals surface area (Å²) < 4.78 is 0. The van der Waals surface area contributed by atoms with Gasteiger partial charge >= 0.3 is 0 Å². The van der Waals surface area contributed by atoms with E-state index in [1.54, 1.807) is 16.3 Å². The average molecular weight is 287 g/mol. The first-order valence-electron chi connectivity index (χ1n) is 5.99. The Kier molecular flexibility index (Phi) is 3.31. The fourth-order valence-corrected chi connectivity index (χ4v) is 3.12. The molecule has 2 heterocycles. The number of thiophene rings is 1. The van der Waals surface area contributed by atoms with Crippen molar-refractivity contribution in [2.24, 2.45) is 10.8 Å². The fraction of sp³-hybridized carbons (Fsp3) is 0.143. The minimum absolute atomic E-state index is 0.124. The summed E-state index contributed by atoms with van der Waals surface area (Å²) in [6.07, 6.45) is 0.831. The van der Waals surface area contributed by atoms with Gasteiger partial charge in [-0.1, -0.05) is 30.3 Å². The van der Waals surface area contributed by atoms with E-state index in [4.69, 9.17) is 18.0 Å². The fourth-order valence-electron chi connectivity index (χ4n) is 2.24. The Labute approximate surface area is 121 Å². The van der Waals surface area contributed by atoms with Crippen LogP contribution in [0.3, 0.4) is 0 Å². The van der Waals surface area contributed by atoms with E-state index in [-0.39, 0.29) is 6.04 Å². The van der Waals surface area contributed by atoms with E-state index in [0.29, 0.717) is 5.11 Å². The Hall–Kier alpha value is -1.72. The minimum Gasteiger partial charge on any atom is -0.375 e. The lowest BCUT2D eigenvalue weighted by molar-refractivity contribution is 0.373. The maximum absolute atomic E-state index is 5.79. The molecule has 1 unspecified atom stereocenters. The molecule has 5 heteroatoms. The number of nitrogens with zero attached hydrogens (tertiary/aromatic N) is 2. The van der Waals surface area contributed by atoms with Crippen molar-refractivity contribution in [1.29, 1.82) is 0 Å². The second-order valence-electron chi connectivity index (χ2n) is 4.37. The molecule has 96 valence electrons. The van der Waals surface area contributed by atoms with Gasteiger partial charge < -0.3 is 5.73 Å². The SMILES string of the molecule is NC(=S)N1N=C(c2ccccc2)CC1c1ccsc1. The van der Waals surface area contributed by atoms with E-state index < -0.39 is 0 Å². The van der Waals surface area contributed by atoms with Crippen LogP contribution >= 0.6 is 23.6 Å². The van der Waals surface area contributed by atoms with Gasteiger partial charge in [-0.3, -0.25) is 0 Å². The number of thiocarbonyl (C=S) groups is 1. The van der Waals surface area contributed by atoms with E-state index in [1.807, 2.05) is 18.2 Å². The molecule has 2 N–H and O–H groups in total. The summed E-state index contributed by atoms with van der Waals surface area (Å²) >= 11 is 6.78. The van der Waals surface area contributed by atoms with E-state index in [9.17, 15) is 0 Å². The largest absolute Gasteiger partial charge is 0.375 e. The zero-order chi connectivity index (χ0) is 13.2. The Bertz CT molecular complexity index is 605. The first-order chi connectivity index (χ1) is 9.25. The highest BCUT2D eigenvalue weighted by Gasteiger charge is 2.30. The van der Waals surface area contributed by atoms with Crippen LogP contribution in [0.5, 0.6) is 0 Å². The third-order valence-electron chi connectivity index (χ3n) is 3.17. The molecule has 1 atom stereocenters. The lowest BCUT2D eigenvalue weighted by Crippen LogP contribution is -2.31. The Balaban J connectivity index is 1.94. The van der Waals surface area contributed by atoms with Crippen molar-refractivity contribution in [3.63, 3.8) is 0 Å². The number of hydrogen-bond acceptors (Lipinski definition) is 3. The highest BCUT2D eigenvalue weighted by Crippen LogP contribution is 2.33. The topological polar surface area (TPSA) is 41.6 Å². The Morgan fingerprint density at radius 3 is 2.74 bits per heavy atom. The molecule has 1 aromatic heterocycles. The van der Waals surface area contributed by atoms with Gasteiger partial charge in [0.2, 0.25) is 0 Å². The number of hydrazone groups is 1. The maximum atomic E-state index is 5.79. The molecule has 1 aliphatic heterocycles. The van der Waals surface area contributed by atoms with Gasteiger partial charge in [0.1, 0.15) is 0 Å². The third-order valence-corrected chi connectivity index (χ3v) is 4.06. The molecule has 3 rings (SSSR count). The summed E-state index contributed by atoms with van der Waals surface area (Å²) in [7, 11) is 0. The normalized spacial score (nSPS) is 18.4. The first kappa shape index (κ1) is 12.3. The number of hydrogen-bond donors (Lipinski definition) is 1.